The van der Waals surface area contributed by atoms with Gasteiger partial charge in [-0.1, -0.05) is 102 Å². The van der Waals surface area contributed by atoms with Crippen LogP contribution < -0.4 is 0 Å². The van der Waals surface area contributed by atoms with Crippen molar-refractivity contribution < 1.29 is 20.4 Å². The van der Waals surface area contributed by atoms with Gasteiger partial charge < -0.3 is 20.4 Å². The fourth-order valence-corrected chi connectivity index (χ4v) is 4.47. The third kappa shape index (κ3) is 16.6. The zero-order chi connectivity index (χ0) is 25.1. The first-order valence-corrected chi connectivity index (χ1v) is 14.3. The van der Waals surface area contributed by atoms with Crippen molar-refractivity contribution in [3.8, 4) is 0 Å². The molecule has 0 aliphatic carbocycles. The number of rotatable bonds is 22. The summed E-state index contributed by atoms with van der Waals surface area (Å²) in [5.41, 5.74) is 2.90. The molecule has 4 nitrogen and oxygen atoms in total. The van der Waals surface area contributed by atoms with Crippen LogP contribution in [0.3, 0.4) is 0 Å². The fraction of sp³-hybridized carbons (Fsp3) is 0.800. The van der Waals surface area contributed by atoms with Gasteiger partial charge in [-0.15, -0.1) is 0 Å². The molecule has 4 N–H and O–H groups in total. The van der Waals surface area contributed by atoms with Crippen LogP contribution in [0.4, 0.5) is 0 Å². The first-order chi connectivity index (χ1) is 16.3. The minimum absolute atomic E-state index is 0.411. The number of unbranched alkanes of at least 4 members (excludes halogenated alkanes) is 12. The molecule has 0 aliphatic rings. The number of aryl methyl sites for hydroxylation is 2. The maximum absolute atomic E-state index is 9.59. The van der Waals surface area contributed by atoms with Gasteiger partial charge in [0, 0.05) is 12.8 Å². The maximum Gasteiger partial charge on any atom is 0.162 e. The molecule has 0 amide bonds. The number of hydrogen-bond acceptors (Lipinski definition) is 4. The summed E-state index contributed by atoms with van der Waals surface area (Å²) in [5, 5.41) is 38.3. The van der Waals surface area contributed by atoms with E-state index < -0.39 is 11.6 Å². The summed E-state index contributed by atoms with van der Waals surface area (Å²) in [6.07, 6.45) is 20.7. The standard InChI is InChI=1S/C30H54O4/c1-3-29(31,32)25-17-13-9-5-7-11-15-19-27-21-23-28(24-22-27)20-16-12-8-6-10-14-18-26-30(33,34)4-2/h21-24,31-34H,3-20,25-26H2,1-2H3. The Morgan fingerprint density at radius 3 is 1.00 bits per heavy atom. The number of hydrogen-bond donors (Lipinski definition) is 4. The van der Waals surface area contributed by atoms with E-state index in [2.05, 4.69) is 24.3 Å². The number of benzene rings is 1. The molecule has 0 aromatic heterocycles. The molecule has 0 radical (unpaired) electrons. The Morgan fingerprint density at radius 2 is 0.706 bits per heavy atom. The van der Waals surface area contributed by atoms with Crippen LogP contribution in [0.1, 0.15) is 141 Å². The molecule has 1 rings (SSSR count). The van der Waals surface area contributed by atoms with Gasteiger partial charge in [-0.3, -0.25) is 0 Å². The average molecular weight is 479 g/mol. The van der Waals surface area contributed by atoms with E-state index in [0.29, 0.717) is 25.7 Å². The van der Waals surface area contributed by atoms with Gasteiger partial charge >= 0.3 is 0 Å². The van der Waals surface area contributed by atoms with E-state index in [1.807, 2.05) is 13.8 Å². The predicted octanol–water partition coefficient (Wildman–Crippen LogP) is 7.20. The lowest BCUT2D eigenvalue weighted by Crippen LogP contribution is -2.26. The van der Waals surface area contributed by atoms with Crippen LogP contribution in [-0.4, -0.2) is 32.0 Å². The lowest BCUT2D eigenvalue weighted by Gasteiger charge is -2.19. The summed E-state index contributed by atoms with van der Waals surface area (Å²) in [6, 6.07) is 9.21. The monoisotopic (exact) mass is 478 g/mol. The first-order valence-electron chi connectivity index (χ1n) is 14.3. The molecule has 0 heterocycles. The quantitative estimate of drug-likeness (QED) is 0.105. The lowest BCUT2D eigenvalue weighted by molar-refractivity contribution is -0.168. The van der Waals surface area contributed by atoms with Crippen LogP contribution >= 0.6 is 0 Å². The molecule has 1 aromatic rings. The van der Waals surface area contributed by atoms with Gasteiger partial charge in [0.25, 0.3) is 0 Å². The zero-order valence-corrected chi connectivity index (χ0v) is 22.2. The SMILES string of the molecule is CCC(O)(O)CCCCCCCCCc1ccc(CCCCCCCCCC(O)(O)CC)cc1. The highest BCUT2D eigenvalue weighted by atomic mass is 16.5. The van der Waals surface area contributed by atoms with E-state index in [-0.39, 0.29) is 0 Å². The van der Waals surface area contributed by atoms with Crippen LogP contribution in [0, 0.1) is 0 Å². The molecule has 4 heteroatoms. The topological polar surface area (TPSA) is 80.9 Å². The third-order valence-corrected chi connectivity index (χ3v) is 7.24. The zero-order valence-electron chi connectivity index (χ0n) is 22.2. The van der Waals surface area contributed by atoms with E-state index in [4.69, 9.17) is 0 Å². The lowest BCUT2D eigenvalue weighted by atomic mass is 10.00. The Bertz CT molecular complexity index is 541. The Balaban J connectivity index is 1.96. The van der Waals surface area contributed by atoms with Gasteiger partial charge in [-0.2, -0.15) is 0 Å². The molecule has 34 heavy (non-hydrogen) atoms. The highest BCUT2D eigenvalue weighted by Crippen LogP contribution is 2.19. The molecule has 0 unspecified atom stereocenters. The largest absolute Gasteiger partial charge is 0.366 e. The van der Waals surface area contributed by atoms with Gasteiger partial charge in [-0.25, -0.2) is 0 Å². The summed E-state index contributed by atoms with van der Waals surface area (Å²) < 4.78 is 0. The highest BCUT2D eigenvalue weighted by Gasteiger charge is 2.19. The Morgan fingerprint density at radius 1 is 0.441 bits per heavy atom. The summed E-state index contributed by atoms with van der Waals surface area (Å²) in [5.74, 6) is -2.91. The van der Waals surface area contributed by atoms with Crippen molar-refractivity contribution >= 4 is 0 Å². The van der Waals surface area contributed by atoms with Crippen LogP contribution in [-0.2, 0) is 12.8 Å². The van der Waals surface area contributed by atoms with Crippen molar-refractivity contribution in [3.05, 3.63) is 35.4 Å². The van der Waals surface area contributed by atoms with Gasteiger partial charge in [0.2, 0.25) is 0 Å². The van der Waals surface area contributed by atoms with Gasteiger partial charge in [0.15, 0.2) is 11.6 Å². The molecular weight excluding hydrogens is 424 g/mol. The molecule has 0 spiro atoms. The molecule has 198 valence electrons. The molecule has 0 bridgehead atoms. The molecule has 1 aromatic carbocycles. The van der Waals surface area contributed by atoms with Crippen molar-refractivity contribution in [3.63, 3.8) is 0 Å². The summed E-state index contributed by atoms with van der Waals surface area (Å²) in [7, 11) is 0. The van der Waals surface area contributed by atoms with E-state index in [1.54, 1.807) is 0 Å². The van der Waals surface area contributed by atoms with Gasteiger partial charge in [-0.05, 0) is 62.5 Å². The number of aliphatic hydroxyl groups is 4. The molecule has 0 fully saturated rings. The van der Waals surface area contributed by atoms with Crippen molar-refractivity contribution in [1.29, 1.82) is 0 Å². The van der Waals surface area contributed by atoms with E-state index in [1.165, 1.54) is 88.2 Å². The summed E-state index contributed by atoms with van der Waals surface area (Å²) >= 11 is 0. The van der Waals surface area contributed by atoms with Gasteiger partial charge in [0.05, 0.1) is 0 Å². The minimum atomic E-state index is -1.46. The fourth-order valence-electron chi connectivity index (χ4n) is 4.47. The van der Waals surface area contributed by atoms with Crippen LogP contribution in [0.2, 0.25) is 0 Å². The minimum Gasteiger partial charge on any atom is -0.366 e. The predicted molar refractivity (Wildman–Crippen MR) is 143 cm³/mol. The summed E-state index contributed by atoms with van der Waals surface area (Å²) in [4.78, 5) is 0. The molecule has 0 saturated carbocycles. The van der Waals surface area contributed by atoms with Crippen molar-refractivity contribution in [2.24, 2.45) is 0 Å². The summed E-state index contributed by atoms with van der Waals surface area (Å²) in [6.45, 7) is 3.63. The first kappa shape index (κ1) is 31.1. The molecule has 0 aliphatic heterocycles. The smallest absolute Gasteiger partial charge is 0.162 e. The normalized spacial score (nSPS) is 12.4. The Hall–Kier alpha value is -0.940. The van der Waals surface area contributed by atoms with E-state index in [0.717, 1.165) is 25.7 Å². The van der Waals surface area contributed by atoms with Crippen LogP contribution in [0.5, 0.6) is 0 Å². The molecule has 0 atom stereocenters. The van der Waals surface area contributed by atoms with E-state index >= 15 is 0 Å². The Labute approximate surface area is 209 Å². The van der Waals surface area contributed by atoms with Crippen LogP contribution in [0.25, 0.3) is 0 Å². The maximum atomic E-state index is 9.59. The van der Waals surface area contributed by atoms with E-state index in [9.17, 15) is 20.4 Å². The molecular formula is C30H54O4. The third-order valence-electron chi connectivity index (χ3n) is 7.24. The van der Waals surface area contributed by atoms with Crippen molar-refractivity contribution in [2.75, 3.05) is 0 Å². The average Bonchev–Trinajstić information content (AvgIpc) is 2.82. The second kappa shape index (κ2) is 18.3. The molecule has 0 saturated heterocycles. The van der Waals surface area contributed by atoms with Crippen molar-refractivity contribution in [1.82, 2.24) is 0 Å². The highest BCUT2D eigenvalue weighted by molar-refractivity contribution is 5.22. The van der Waals surface area contributed by atoms with Gasteiger partial charge in [0.1, 0.15) is 0 Å². The second-order valence-corrected chi connectivity index (χ2v) is 10.4. The Kier molecular flexibility index (Phi) is 16.8. The van der Waals surface area contributed by atoms with Crippen LogP contribution in [0.15, 0.2) is 24.3 Å². The van der Waals surface area contributed by atoms with Crippen molar-refractivity contribution in [2.45, 2.75) is 154 Å². The second-order valence-electron chi connectivity index (χ2n) is 10.4.